The van der Waals surface area contributed by atoms with Gasteiger partial charge < -0.3 is 16.0 Å². The lowest BCUT2D eigenvalue weighted by Gasteiger charge is -2.22. The first-order chi connectivity index (χ1) is 16.2. The number of rotatable bonds is 11. The highest BCUT2D eigenvalue weighted by Gasteiger charge is 2.20. The lowest BCUT2D eigenvalue weighted by molar-refractivity contribution is -0.124. The van der Waals surface area contributed by atoms with Gasteiger partial charge >= 0.3 is 0 Å². The van der Waals surface area contributed by atoms with Crippen LogP contribution in [0.4, 0.5) is 5.13 Å². The summed E-state index contributed by atoms with van der Waals surface area (Å²) in [7, 11) is 0. The van der Waals surface area contributed by atoms with Crippen molar-refractivity contribution in [3.05, 3.63) is 69.0 Å². The fourth-order valence-corrected chi connectivity index (χ4v) is 5.03. The highest BCUT2D eigenvalue weighted by atomic mass is 35.5. The van der Waals surface area contributed by atoms with Crippen molar-refractivity contribution in [3.8, 4) is 11.3 Å². The smallest absolute Gasteiger partial charge is 0.236 e. The number of hydrogen-bond acceptors (Lipinski definition) is 5. The summed E-state index contributed by atoms with van der Waals surface area (Å²) in [4.78, 5) is 31.5. The highest BCUT2D eigenvalue weighted by Crippen LogP contribution is 2.37. The molecule has 3 aromatic rings. The second-order valence-corrected chi connectivity index (χ2v) is 10.3. The molecule has 1 aromatic heterocycles. The van der Waals surface area contributed by atoms with Crippen LogP contribution in [0.1, 0.15) is 30.7 Å². The van der Waals surface area contributed by atoms with Crippen LogP contribution in [-0.4, -0.2) is 29.9 Å². The van der Waals surface area contributed by atoms with Crippen LogP contribution in [0.15, 0.2) is 48.5 Å². The van der Waals surface area contributed by atoms with Crippen molar-refractivity contribution in [2.75, 3.05) is 18.0 Å². The standard InChI is InChI=1S/C25H28Cl2N4O2S/c1-16(2)12-21-24(18-8-9-19(26)20(27)13-18)30-25(34-21)31(15-17-6-4-3-5-7-17)11-10-23(33)29-14-22(28)32/h3-9,13,16H,10-12,14-15H2,1-2H3,(H2,28,32)(H,29,33). The van der Waals surface area contributed by atoms with Crippen LogP contribution in [0.5, 0.6) is 0 Å². The minimum atomic E-state index is -0.570. The van der Waals surface area contributed by atoms with Crippen LogP contribution >= 0.6 is 34.5 Å². The Morgan fingerprint density at radius 3 is 2.50 bits per heavy atom. The summed E-state index contributed by atoms with van der Waals surface area (Å²) in [6.07, 6.45) is 1.08. The number of amides is 2. The third kappa shape index (κ3) is 7.45. The van der Waals surface area contributed by atoms with Gasteiger partial charge in [-0.3, -0.25) is 9.59 Å². The van der Waals surface area contributed by atoms with Gasteiger partial charge in [0.05, 0.1) is 22.3 Å². The zero-order valence-corrected chi connectivity index (χ0v) is 21.5. The van der Waals surface area contributed by atoms with E-state index < -0.39 is 5.91 Å². The Morgan fingerprint density at radius 1 is 1.12 bits per heavy atom. The topological polar surface area (TPSA) is 88.3 Å². The number of benzene rings is 2. The lowest BCUT2D eigenvalue weighted by atomic mass is 10.0. The third-order valence-corrected chi connectivity index (χ3v) is 6.91. The molecular weight excluding hydrogens is 491 g/mol. The molecule has 0 spiro atoms. The van der Waals surface area contributed by atoms with Gasteiger partial charge in [-0.05, 0) is 30.0 Å². The van der Waals surface area contributed by atoms with Gasteiger partial charge in [0.25, 0.3) is 0 Å². The Morgan fingerprint density at radius 2 is 1.85 bits per heavy atom. The molecule has 6 nitrogen and oxygen atoms in total. The first-order valence-electron chi connectivity index (χ1n) is 11.0. The fourth-order valence-electron chi connectivity index (χ4n) is 3.41. The van der Waals surface area contributed by atoms with E-state index >= 15 is 0 Å². The number of nitrogens with two attached hydrogens (primary N) is 1. The molecule has 0 aliphatic carbocycles. The van der Waals surface area contributed by atoms with E-state index in [1.54, 1.807) is 17.4 Å². The molecule has 3 N–H and O–H groups in total. The largest absolute Gasteiger partial charge is 0.368 e. The van der Waals surface area contributed by atoms with Gasteiger partial charge in [-0.25, -0.2) is 4.98 Å². The molecule has 0 radical (unpaired) electrons. The number of primary amides is 1. The van der Waals surface area contributed by atoms with Gasteiger partial charge in [0.15, 0.2) is 5.13 Å². The fraction of sp³-hybridized carbons (Fsp3) is 0.320. The van der Waals surface area contributed by atoms with Crippen molar-refractivity contribution in [2.24, 2.45) is 11.7 Å². The molecule has 2 amide bonds. The molecule has 2 aromatic carbocycles. The van der Waals surface area contributed by atoms with Crippen LogP contribution < -0.4 is 16.0 Å². The molecule has 9 heteroatoms. The molecule has 1 heterocycles. The first kappa shape index (κ1) is 26.0. The van der Waals surface area contributed by atoms with Crippen molar-refractivity contribution in [2.45, 2.75) is 33.2 Å². The van der Waals surface area contributed by atoms with Crippen LogP contribution in [0.2, 0.25) is 10.0 Å². The molecule has 34 heavy (non-hydrogen) atoms. The molecule has 0 unspecified atom stereocenters. The summed E-state index contributed by atoms with van der Waals surface area (Å²) in [6, 6.07) is 15.6. The van der Waals surface area contributed by atoms with E-state index in [1.165, 1.54) is 0 Å². The molecule has 0 fully saturated rings. The molecular formula is C25H28Cl2N4O2S. The Balaban J connectivity index is 1.93. The molecule has 3 rings (SSSR count). The SMILES string of the molecule is CC(C)Cc1sc(N(CCC(=O)NCC(N)=O)Cc2ccccc2)nc1-c1ccc(Cl)c(Cl)c1. The van der Waals surface area contributed by atoms with Crippen molar-refractivity contribution in [3.63, 3.8) is 0 Å². The molecule has 0 saturated heterocycles. The van der Waals surface area contributed by atoms with E-state index in [4.69, 9.17) is 33.9 Å². The molecule has 0 aliphatic rings. The van der Waals surface area contributed by atoms with Gasteiger partial charge in [-0.1, -0.05) is 73.4 Å². The monoisotopic (exact) mass is 518 g/mol. The number of nitrogens with zero attached hydrogens (tertiary/aromatic N) is 2. The second-order valence-electron chi connectivity index (χ2n) is 8.40. The molecule has 0 saturated carbocycles. The summed E-state index contributed by atoms with van der Waals surface area (Å²) < 4.78 is 0. The van der Waals surface area contributed by atoms with Crippen molar-refractivity contribution >= 4 is 51.5 Å². The molecule has 0 aliphatic heterocycles. The predicted molar refractivity (Wildman–Crippen MR) is 140 cm³/mol. The van der Waals surface area contributed by atoms with E-state index in [0.717, 1.165) is 33.3 Å². The zero-order valence-electron chi connectivity index (χ0n) is 19.2. The number of halogens is 2. The van der Waals surface area contributed by atoms with Crippen LogP contribution in [0.25, 0.3) is 11.3 Å². The maximum atomic E-state index is 12.3. The van der Waals surface area contributed by atoms with E-state index in [-0.39, 0.29) is 18.9 Å². The van der Waals surface area contributed by atoms with Gasteiger partial charge in [0, 0.05) is 30.0 Å². The summed E-state index contributed by atoms with van der Waals surface area (Å²) in [5.74, 6) is -0.364. The third-order valence-electron chi connectivity index (χ3n) is 5.03. The minimum Gasteiger partial charge on any atom is -0.368 e. The van der Waals surface area contributed by atoms with Crippen LogP contribution in [0, 0.1) is 5.92 Å². The molecule has 180 valence electrons. The Kier molecular flexibility index (Phi) is 9.33. The van der Waals surface area contributed by atoms with Crippen LogP contribution in [0.3, 0.4) is 0 Å². The summed E-state index contributed by atoms with van der Waals surface area (Å²) >= 11 is 14.0. The average Bonchev–Trinajstić information content (AvgIpc) is 3.20. The number of aromatic nitrogens is 1. The average molecular weight is 519 g/mol. The molecule has 0 atom stereocenters. The van der Waals surface area contributed by atoms with Crippen LogP contribution in [-0.2, 0) is 22.6 Å². The Labute approximate surface area is 214 Å². The Hall–Kier alpha value is -2.61. The van der Waals surface area contributed by atoms with E-state index in [1.807, 2.05) is 42.5 Å². The van der Waals surface area contributed by atoms with Gasteiger partial charge in [0.1, 0.15) is 0 Å². The highest BCUT2D eigenvalue weighted by molar-refractivity contribution is 7.16. The maximum Gasteiger partial charge on any atom is 0.236 e. The van der Waals surface area contributed by atoms with Crippen molar-refractivity contribution < 1.29 is 9.59 Å². The predicted octanol–water partition coefficient (Wildman–Crippen LogP) is 5.31. The van der Waals surface area contributed by atoms with E-state index in [9.17, 15) is 9.59 Å². The van der Waals surface area contributed by atoms with E-state index in [2.05, 4.69) is 24.1 Å². The van der Waals surface area contributed by atoms with Gasteiger partial charge in [-0.2, -0.15) is 0 Å². The summed E-state index contributed by atoms with van der Waals surface area (Å²) in [5, 5.41) is 4.35. The summed E-state index contributed by atoms with van der Waals surface area (Å²) in [6.45, 7) is 5.20. The van der Waals surface area contributed by atoms with Crippen molar-refractivity contribution in [1.29, 1.82) is 0 Å². The zero-order chi connectivity index (χ0) is 24.7. The number of thiazole rings is 1. The Bertz CT molecular complexity index is 1140. The first-order valence-corrected chi connectivity index (χ1v) is 12.6. The lowest BCUT2D eigenvalue weighted by Crippen LogP contribution is -2.35. The summed E-state index contributed by atoms with van der Waals surface area (Å²) in [5.41, 5.74) is 8.03. The second kappa shape index (κ2) is 12.2. The normalized spacial score (nSPS) is 11.0. The van der Waals surface area contributed by atoms with E-state index in [0.29, 0.717) is 29.1 Å². The van der Waals surface area contributed by atoms with Gasteiger partial charge in [-0.15, -0.1) is 11.3 Å². The number of carbonyl (C=O) groups excluding carboxylic acids is 2. The van der Waals surface area contributed by atoms with Crippen molar-refractivity contribution in [1.82, 2.24) is 10.3 Å². The number of hydrogen-bond donors (Lipinski definition) is 2. The number of nitrogens with one attached hydrogen (secondary N) is 1. The minimum absolute atomic E-state index is 0.172. The number of anilines is 1. The van der Waals surface area contributed by atoms with Gasteiger partial charge in [0.2, 0.25) is 11.8 Å². The quantitative estimate of drug-likeness (QED) is 0.359. The number of carbonyl (C=O) groups is 2. The molecule has 0 bridgehead atoms. The maximum absolute atomic E-state index is 12.3.